The number of benzene rings is 3. The highest BCUT2D eigenvalue weighted by atomic mass is 16.5. The van der Waals surface area contributed by atoms with Crippen molar-refractivity contribution in [3.63, 3.8) is 0 Å². The van der Waals surface area contributed by atoms with Crippen molar-refractivity contribution in [3.05, 3.63) is 83.4 Å². The van der Waals surface area contributed by atoms with E-state index in [1.54, 1.807) is 0 Å². The SMILES string of the molecule is COc1cc(C(=O)NCC(=O)NN=Cc2ccccc2OCc2ccccc2)cc(OC)c1OC. The van der Waals surface area contributed by atoms with Crippen LogP contribution in [-0.4, -0.2) is 45.9 Å². The minimum atomic E-state index is -0.496. The number of carbonyl (C=O) groups is 2. The molecule has 0 saturated carbocycles. The number of hydrazone groups is 1. The van der Waals surface area contributed by atoms with Gasteiger partial charge in [0.25, 0.3) is 11.8 Å². The maximum Gasteiger partial charge on any atom is 0.259 e. The Morgan fingerprint density at radius 3 is 2.17 bits per heavy atom. The summed E-state index contributed by atoms with van der Waals surface area (Å²) < 4.78 is 21.6. The third kappa shape index (κ3) is 6.97. The van der Waals surface area contributed by atoms with Crippen LogP contribution in [-0.2, 0) is 11.4 Å². The Labute approximate surface area is 203 Å². The Morgan fingerprint density at radius 2 is 1.51 bits per heavy atom. The van der Waals surface area contributed by atoms with E-state index in [9.17, 15) is 9.59 Å². The third-order valence-corrected chi connectivity index (χ3v) is 4.89. The lowest BCUT2D eigenvalue weighted by Gasteiger charge is -2.14. The van der Waals surface area contributed by atoms with Crippen LogP contribution in [0.25, 0.3) is 0 Å². The molecule has 3 aromatic carbocycles. The number of para-hydroxylation sites is 1. The molecule has 0 saturated heterocycles. The zero-order chi connectivity index (χ0) is 25.0. The Bertz CT molecular complexity index is 1160. The number of carbonyl (C=O) groups excluding carboxylic acids is 2. The zero-order valence-electron chi connectivity index (χ0n) is 19.7. The summed E-state index contributed by atoms with van der Waals surface area (Å²) in [6.07, 6.45) is 1.49. The van der Waals surface area contributed by atoms with Gasteiger partial charge in [0.05, 0.1) is 34.1 Å². The van der Waals surface area contributed by atoms with Crippen LogP contribution in [0.3, 0.4) is 0 Å². The summed E-state index contributed by atoms with van der Waals surface area (Å²) >= 11 is 0. The molecule has 3 rings (SSSR count). The fourth-order valence-corrected chi connectivity index (χ4v) is 3.14. The molecule has 0 aliphatic heterocycles. The lowest BCUT2D eigenvalue weighted by molar-refractivity contribution is -0.120. The summed E-state index contributed by atoms with van der Waals surface area (Å²) in [4.78, 5) is 24.7. The highest BCUT2D eigenvalue weighted by Gasteiger charge is 2.17. The fraction of sp³-hybridized carbons (Fsp3) is 0.192. The van der Waals surface area contributed by atoms with Gasteiger partial charge >= 0.3 is 0 Å². The van der Waals surface area contributed by atoms with Crippen LogP contribution in [0.4, 0.5) is 0 Å². The molecule has 2 amide bonds. The molecule has 182 valence electrons. The largest absolute Gasteiger partial charge is 0.493 e. The van der Waals surface area contributed by atoms with E-state index in [0.717, 1.165) is 5.56 Å². The molecule has 0 fully saturated rings. The van der Waals surface area contributed by atoms with Gasteiger partial charge in [-0.25, -0.2) is 5.43 Å². The number of amides is 2. The summed E-state index contributed by atoms with van der Waals surface area (Å²) in [5.74, 6) is 0.683. The van der Waals surface area contributed by atoms with Crippen LogP contribution >= 0.6 is 0 Å². The Hall–Kier alpha value is -4.53. The molecule has 9 nitrogen and oxygen atoms in total. The highest BCUT2D eigenvalue weighted by Crippen LogP contribution is 2.38. The van der Waals surface area contributed by atoms with E-state index in [0.29, 0.717) is 35.2 Å². The van der Waals surface area contributed by atoms with Gasteiger partial charge in [-0.15, -0.1) is 0 Å². The van der Waals surface area contributed by atoms with Gasteiger partial charge in [0.15, 0.2) is 11.5 Å². The molecule has 2 N–H and O–H groups in total. The van der Waals surface area contributed by atoms with Gasteiger partial charge in [0.2, 0.25) is 5.75 Å². The normalized spacial score (nSPS) is 10.5. The van der Waals surface area contributed by atoms with Gasteiger partial charge in [-0.3, -0.25) is 9.59 Å². The standard InChI is InChI=1S/C26H27N3O6/c1-32-22-13-20(14-23(33-2)25(22)34-3)26(31)27-16-24(30)29-28-15-19-11-7-8-12-21(19)35-17-18-9-5-4-6-10-18/h4-15H,16-17H2,1-3H3,(H,27,31)(H,29,30). The van der Waals surface area contributed by atoms with Crippen molar-refractivity contribution in [2.24, 2.45) is 5.10 Å². The molecule has 9 heteroatoms. The first-order valence-electron chi connectivity index (χ1n) is 10.7. The second-order valence-electron chi connectivity index (χ2n) is 7.20. The second kappa shape index (κ2) is 12.6. The van der Waals surface area contributed by atoms with Crippen molar-refractivity contribution >= 4 is 18.0 Å². The summed E-state index contributed by atoms with van der Waals surface area (Å²) in [6, 6.07) is 20.1. The van der Waals surface area contributed by atoms with Gasteiger partial charge < -0.3 is 24.3 Å². The van der Waals surface area contributed by atoms with Crippen LogP contribution in [0, 0.1) is 0 Å². The van der Waals surface area contributed by atoms with Gasteiger partial charge in [-0.1, -0.05) is 42.5 Å². The number of ether oxygens (including phenoxy) is 4. The molecule has 0 spiro atoms. The number of nitrogens with zero attached hydrogens (tertiary/aromatic N) is 1. The minimum Gasteiger partial charge on any atom is -0.493 e. The van der Waals surface area contributed by atoms with E-state index in [2.05, 4.69) is 15.8 Å². The monoisotopic (exact) mass is 477 g/mol. The number of methoxy groups -OCH3 is 3. The Kier molecular flexibility index (Phi) is 9.07. The van der Waals surface area contributed by atoms with Crippen molar-refractivity contribution in [2.45, 2.75) is 6.61 Å². The average molecular weight is 478 g/mol. The maximum atomic E-state index is 12.5. The smallest absolute Gasteiger partial charge is 0.259 e. The average Bonchev–Trinajstić information content (AvgIpc) is 2.90. The molecule has 3 aromatic rings. The topological polar surface area (TPSA) is 107 Å². The first kappa shape index (κ1) is 25.1. The zero-order valence-corrected chi connectivity index (χ0v) is 19.7. The molecule has 0 aliphatic rings. The quantitative estimate of drug-likeness (QED) is 0.325. The Balaban J connectivity index is 1.55. The Morgan fingerprint density at radius 1 is 0.857 bits per heavy atom. The summed E-state index contributed by atoms with van der Waals surface area (Å²) in [5.41, 5.74) is 4.38. The lowest BCUT2D eigenvalue weighted by Crippen LogP contribution is -2.35. The van der Waals surface area contributed by atoms with Crippen molar-refractivity contribution in [1.82, 2.24) is 10.7 Å². The van der Waals surface area contributed by atoms with Crippen molar-refractivity contribution < 1.29 is 28.5 Å². The van der Waals surface area contributed by atoms with E-state index in [-0.39, 0.29) is 12.1 Å². The molecule has 0 aliphatic carbocycles. The molecule has 35 heavy (non-hydrogen) atoms. The molecule has 0 radical (unpaired) electrons. The molecule has 0 heterocycles. The van der Waals surface area contributed by atoms with Gasteiger partial charge in [0.1, 0.15) is 12.4 Å². The third-order valence-electron chi connectivity index (χ3n) is 4.89. The summed E-state index contributed by atoms with van der Waals surface area (Å²) in [5, 5.41) is 6.51. The van der Waals surface area contributed by atoms with Crippen molar-refractivity contribution in [2.75, 3.05) is 27.9 Å². The van der Waals surface area contributed by atoms with Crippen LogP contribution in [0.2, 0.25) is 0 Å². The first-order chi connectivity index (χ1) is 17.0. The van der Waals surface area contributed by atoms with Gasteiger partial charge in [-0.2, -0.15) is 5.10 Å². The molecular weight excluding hydrogens is 450 g/mol. The minimum absolute atomic E-state index is 0.250. The molecule has 0 bridgehead atoms. The summed E-state index contributed by atoms with van der Waals surface area (Å²) in [6.45, 7) is 0.129. The highest BCUT2D eigenvalue weighted by molar-refractivity contribution is 5.97. The van der Waals surface area contributed by atoms with E-state index >= 15 is 0 Å². The second-order valence-corrected chi connectivity index (χ2v) is 7.20. The van der Waals surface area contributed by atoms with Crippen molar-refractivity contribution in [1.29, 1.82) is 0 Å². The van der Waals surface area contributed by atoms with E-state index in [1.165, 1.54) is 39.7 Å². The number of hydrogen-bond acceptors (Lipinski definition) is 7. The van der Waals surface area contributed by atoms with Crippen LogP contribution in [0.1, 0.15) is 21.5 Å². The van der Waals surface area contributed by atoms with Gasteiger partial charge in [0, 0.05) is 11.1 Å². The van der Waals surface area contributed by atoms with Crippen LogP contribution in [0.15, 0.2) is 71.8 Å². The van der Waals surface area contributed by atoms with E-state index < -0.39 is 11.8 Å². The molecule has 0 aromatic heterocycles. The predicted molar refractivity (Wildman–Crippen MR) is 131 cm³/mol. The van der Waals surface area contributed by atoms with Gasteiger partial charge in [-0.05, 0) is 29.8 Å². The number of rotatable bonds is 11. The van der Waals surface area contributed by atoms with Crippen molar-refractivity contribution in [3.8, 4) is 23.0 Å². The van der Waals surface area contributed by atoms with Crippen LogP contribution in [0.5, 0.6) is 23.0 Å². The lowest BCUT2D eigenvalue weighted by atomic mass is 10.1. The number of nitrogens with one attached hydrogen (secondary N) is 2. The van der Waals surface area contributed by atoms with E-state index in [4.69, 9.17) is 18.9 Å². The predicted octanol–water partition coefficient (Wildman–Crippen LogP) is 3.17. The fourth-order valence-electron chi connectivity index (χ4n) is 3.14. The molecular formula is C26H27N3O6. The first-order valence-corrected chi connectivity index (χ1v) is 10.7. The van der Waals surface area contributed by atoms with Crippen LogP contribution < -0.4 is 29.7 Å². The maximum absolute atomic E-state index is 12.5. The molecule has 0 atom stereocenters. The molecule has 0 unspecified atom stereocenters. The summed E-state index contributed by atoms with van der Waals surface area (Å²) in [7, 11) is 4.38. The van der Waals surface area contributed by atoms with E-state index in [1.807, 2.05) is 54.6 Å². The number of hydrogen-bond donors (Lipinski definition) is 2.